The highest BCUT2D eigenvalue weighted by Crippen LogP contribution is 2.16. The van der Waals surface area contributed by atoms with Crippen molar-refractivity contribution in [2.45, 2.75) is 31.7 Å². The van der Waals surface area contributed by atoms with Gasteiger partial charge in [0, 0.05) is 26.2 Å². The Hall–Kier alpha value is -2.94. The van der Waals surface area contributed by atoms with E-state index in [2.05, 4.69) is 31.2 Å². The van der Waals surface area contributed by atoms with Crippen LogP contribution < -0.4 is 10.6 Å². The van der Waals surface area contributed by atoms with Crippen LogP contribution in [0.25, 0.3) is 11.0 Å². The van der Waals surface area contributed by atoms with E-state index in [1.807, 2.05) is 32.0 Å². The van der Waals surface area contributed by atoms with Gasteiger partial charge in [0.05, 0.1) is 16.8 Å². The quantitative estimate of drug-likeness (QED) is 0.300. The number of hydrogen-bond donors (Lipinski definition) is 2. The minimum Gasteiger partial charge on any atom is -0.357 e. The maximum Gasteiger partial charge on any atom is 0.191 e. The number of rotatable bonds is 9. The zero-order valence-corrected chi connectivity index (χ0v) is 18.6. The number of hydrogen-bond acceptors (Lipinski definition) is 4. The van der Waals surface area contributed by atoms with Crippen LogP contribution in [-0.2, 0) is 16.4 Å². The zero-order valence-electron chi connectivity index (χ0n) is 17.8. The van der Waals surface area contributed by atoms with Crippen molar-refractivity contribution in [3.8, 4) is 0 Å². The number of fused-ring (bicyclic) bond motifs is 1. The van der Waals surface area contributed by atoms with Gasteiger partial charge in [0.1, 0.15) is 16.5 Å². The first-order valence-corrected chi connectivity index (χ1v) is 12.0. The lowest BCUT2D eigenvalue weighted by atomic mass is 10.3. The Morgan fingerprint density at radius 2 is 1.87 bits per heavy atom. The second-order valence-electron chi connectivity index (χ2n) is 7.09. The molecule has 0 aliphatic carbocycles. The van der Waals surface area contributed by atoms with Gasteiger partial charge < -0.3 is 15.2 Å². The minimum absolute atomic E-state index is 0.133. The van der Waals surface area contributed by atoms with Crippen LogP contribution in [0.4, 0.5) is 4.39 Å². The summed E-state index contributed by atoms with van der Waals surface area (Å²) in [5.41, 5.74) is 2.09. The summed E-state index contributed by atoms with van der Waals surface area (Å²) in [6, 6.07) is 13.4. The average Bonchev–Trinajstić information content (AvgIpc) is 3.06. The summed E-state index contributed by atoms with van der Waals surface area (Å²) in [5, 5.41) is 6.12. The molecular formula is C22H28FN5O2S. The van der Waals surface area contributed by atoms with Gasteiger partial charge in [-0.05, 0) is 44.5 Å². The van der Waals surface area contributed by atoms with Gasteiger partial charge in [-0.2, -0.15) is 0 Å². The number of imidazole rings is 1. The van der Waals surface area contributed by atoms with E-state index in [4.69, 9.17) is 0 Å². The Morgan fingerprint density at radius 3 is 2.65 bits per heavy atom. The maximum atomic E-state index is 13.8. The van der Waals surface area contributed by atoms with E-state index < -0.39 is 15.7 Å². The summed E-state index contributed by atoms with van der Waals surface area (Å²) < 4.78 is 40.7. The molecular weight excluding hydrogens is 417 g/mol. The number of benzene rings is 2. The highest BCUT2D eigenvalue weighted by Gasteiger charge is 2.18. The third-order valence-electron chi connectivity index (χ3n) is 4.83. The third kappa shape index (κ3) is 5.81. The SMILES string of the molecule is CCNC(=NCCCn1c(C)nc2ccccc21)NCCS(=O)(=O)c1ccccc1F. The summed E-state index contributed by atoms with van der Waals surface area (Å²) in [5.74, 6) is 0.552. The van der Waals surface area contributed by atoms with Gasteiger partial charge in [-0.25, -0.2) is 17.8 Å². The number of aryl methyl sites for hydroxylation is 2. The molecule has 0 radical (unpaired) electrons. The number of sulfone groups is 1. The molecule has 2 aromatic carbocycles. The van der Waals surface area contributed by atoms with Gasteiger partial charge in [-0.1, -0.05) is 24.3 Å². The Balaban J connectivity index is 1.54. The monoisotopic (exact) mass is 445 g/mol. The molecule has 0 atom stereocenters. The summed E-state index contributed by atoms with van der Waals surface area (Å²) in [4.78, 5) is 8.82. The highest BCUT2D eigenvalue weighted by atomic mass is 32.2. The van der Waals surface area contributed by atoms with Gasteiger partial charge >= 0.3 is 0 Å². The van der Waals surface area contributed by atoms with E-state index in [1.165, 1.54) is 18.2 Å². The molecule has 0 aliphatic heterocycles. The number of aliphatic imine (C=N–C) groups is 1. The largest absolute Gasteiger partial charge is 0.357 e. The number of nitrogens with one attached hydrogen (secondary N) is 2. The summed E-state index contributed by atoms with van der Waals surface area (Å²) in [7, 11) is -3.71. The number of aromatic nitrogens is 2. The molecule has 31 heavy (non-hydrogen) atoms. The van der Waals surface area contributed by atoms with Crippen LogP contribution in [-0.4, -0.2) is 49.3 Å². The lowest BCUT2D eigenvalue weighted by molar-refractivity contribution is 0.566. The van der Waals surface area contributed by atoms with Crippen molar-refractivity contribution in [3.63, 3.8) is 0 Å². The molecule has 0 saturated heterocycles. The molecule has 1 aromatic heterocycles. The first-order valence-electron chi connectivity index (χ1n) is 10.3. The second kappa shape index (κ2) is 10.4. The van der Waals surface area contributed by atoms with E-state index >= 15 is 0 Å². The van der Waals surface area contributed by atoms with Gasteiger partial charge in [0.25, 0.3) is 0 Å². The number of nitrogens with zero attached hydrogens (tertiary/aromatic N) is 3. The fourth-order valence-corrected chi connectivity index (χ4v) is 4.59. The van der Waals surface area contributed by atoms with Crippen LogP contribution in [0, 0.1) is 12.7 Å². The second-order valence-corrected chi connectivity index (χ2v) is 9.17. The Morgan fingerprint density at radius 1 is 1.13 bits per heavy atom. The summed E-state index contributed by atoms with van der Waals surface area (Å²) in [6.07, 6.45) is 0.811. The third-order valence-corrected chi connectivity index (χ3v) is 6.58. The Kier molecular flexibility index (Phi) is 7.62. The van der Waals surface area contributed by atoms with Crippen LogP contribution in [0.15, 0.2) is 58.4 Å². The molecule has 166 valence electrons. The van der Waals surface area contributed by atoms with E-state index in [0.29, 0.717) is 19.0 Å². The van der Waals surface area contributed by atoms with E-state index in [0.717, 1.165) is 35.9 Å². The van der Waals surface area contributed by atoms with Crippen molar-refractivity contribution in [2.24, 2.45) is 4.99 Å². The van der Waals surface area contributed by atoms with Gasteiger partial charge in [0.15, 0.2) is 15.8 Å². The molecule has 9 heteroatoms. The Bertz CT molecular complexity index is 1160. The molecule has 7 nitrogen and oxygen atoms in total. The number of para-hydroxylation sites is 2. The minimum atomic E-state index is -3.71. The van der Waals surface area contributed by atoms with Crippen molar-refractivity contribution in [1.29, 1.82) is 0 Å². The van der Waals surface area contributed by atoms with Crippen molar-refractivity contribution in [2.75, 3.05) is 25.4 Å². The topological polar surface area (TPSA) is 88.4 Å². The van der Waals surface area contributed by atoms with Crippen LogP contribution >= 0.6 is 0 Å². The van der Waals surface area contributed by atoms with E-state index in [9.17, 15) is 12.8 Å². The lowest BCUT2D eigenvalue weighted by Crippen LogP contribution is -2.39. The molecule has 0 spiro atoms. The Labute approximate surface area is 182 Å². The zero-order chi connectivity index (χ0) is 22.3. The van der Waals surface area contributed by atoms with Crippen molar-refractivity contribution >= 4 is 26.8 Å². The average molecular weight is 446 g/mol. The molecule has 3 aromatic rings. The summed E-state index contributed by atoms with van der Waals surface area (Å²) in [6.45, 7) is 6.07. The first-order chi connectivity index (χ1) is 14.9. The molecule has 3 rings (SSSR count). The van der Waals surface area contributed by atoms with Crippen LogP contribution in [0.3, 0.4) is 0 Å². The molecule has 1 heterocycles. The van der Waals surface area contributed by atoms with Gasteiger partial charge in [-0.15, -0.1) is 0 Å². The van der Waals surface area contributed by atoms with Gasteiger partial charge in [-0.3, -0.25) is 4.99 Å². The predicted molar refractivity (Wildman–Crippen MR) is 122 cm³/mol. The molecule has 0 amide bonds. The summed E-state index contributed by atoms with van der Waals surface area (Å²) >= 11 is 0. The van der Waals surface area contributed by atoms with Crippen molar-refractivity contribution in [1.82, 2.24) is 20.2 Å². The highest BCUT2D eigenvalue weighted by molar-refractivity contribution is 7.91. The van der Waals surface area contributed by atoms with Crippen LogP contribution in [0.5, 0.6) is 0 Å². The maximum absolute atomic E-state index is 13.8. The van der Waals surface area contributed by atoms with Gasteiger partial charge in [0.2, 0.25) is 0 Å². The van der Waals surface area contributed by atoms with Crippen LogP contribution in [0.1, 0.15) is 19.2 Å². The van der Waals surface area contributed by atoms with Crippen molar-refractivity contribution in [3.05, 3.63) is 60.2 Å². The van der Waals surface area contributed by atoms with E-state index in [1.54, 1.807) is 0 Å². The first kappa shape index (κ1) is 22.7. The molecule has 0 aliphatic rings. The standard InChI is InChI=1S/C22H28FN5O2S/c1-3-24-22(26-14-16-31(29,30)21-12-7-4-9-18(21)23)25-13-8-15-28-17(2)27-19-10-5-6-11-20(19)28/h4-7,9-12H,3,8,13-16H2,1-2H3,(H2,24,25,26). The lowest BCUT2D eigenvalue weighted by Gasteiger charge is -2.12. The number of halogens is 1. The predicted octanol–water partition coefficient (Wildman–Crippen LogP) is 2.90. The van der Waals surface area contributed by atoms with E-state index in [-0.39, 0.29) is 17.2 Å². The molecule has 0 saturated carbocycles. The molecule has 0 bridgehead atoms. The van der Waals surface area contributed by atoms with Crippen LogP contribution in [0.2, 0.25) is 0 Å². The molecule has 2 N–H and O–H groups in total. The smallest absolute Gasteiger partial charge is 0.191 e. The van der Waals surface area contributed by atoms with Crippen molar-refractivity contribution < 1.29 is 12.8 Å². The molecule has 0 fully saturated rings. The number of guanidine groups is 1. The fourth-order valence-electron chi connectivity index (χ4n) is 3.35. The molecule has 0 unspecified atom stereocenters. The normalized spacial score (nSPS) is 12.3. The fraction of sp³-hybridized carbons (Fsp3) is 0.364.